The first-order valence-corrected chi connectivity index (χ1v) is 7.38. The van der Waals surface area contributed by atoms with Crippen LogP contribution in [0, 0.1) is 0 Å². The van der Waals surface area contributed by atoms with E-state index in [0.29, 0.717) is 0 Å². The standard InChI is InChI=1S/C16H18ClN3/c1-2-18-16-8-7-13(17)14(19-16)11-20-10-9-12-5-3-4-6-15(12)20/h3-8H,2,9-11H2,1H3,(H,18,19). The van der Waals surface area contributed by atoms with E-state index in [1.54, 1.807) is 0 Å². The molecule has 1 N–H and O–H groups in total. The fourth-order valence-electron chi connectivity index (χ4n) is 2.63. The fraction of sp³-hybridized carbons (Fsp3) is 0.312. The Hall–Kier alpha value is -1.74. The highest BCUT2D eigenvalue weighted by Crippen LogP contribution is 2.30. The van der Waals surface area contributed by atoms with Crippen LogP contribution in [-0.2, 0) is 13.0 Å². The minimum absolute atomic E-state index is 0.732. The summed E-state index contributed by atoms with van der Waals surface area (Å²) in [6.07, 6.45) is 1.10. The first-order chi connectivity index (χ1) is 9.78. The molecule has 1 aromatic carbocycles. The van der Waals surface area contributed by atoms with Crippen LogP contribution in [0.3, 0.4) is 0 Å². The molecule has 0 saturated carbocycles. The number of aromatic nitrogens is 1. The van der Waals surface area contributed by atoms with Crippen molar-refractivity contribution in [3.8, 4) is 0 Å². The van der Waals surface area contributed by atoms with E-state index in [-0.39, 0.29) is 0 Å². The van der Waals surface area contributed by atoms with Crippen molar-refractivity contribution < 1.29 is 0 Å². The van der Waals surface area contributed by atoms with Gasteiger partial charge in [0, 0.05) is 18.8 Å². The average Bonchev–Trinajstić information content (AvgIpc) is 2.86. The summed E-state index contributed by atoms with van der Waals surface area (Å²) in [4.78, 5) is 6.96. The van der Waals surface area contributed by atoms with Gasteiger partial charge in [-0.2, -0.15) is 0 Å². The second-order valence-electron chi connectivity index (χ2n) is 4.96. The van der Waals surface area contributed by atoms with E-state index in [4.69, 9.17) is 11.6 Å². The molecule has 104 valence electrons. The fourth-order valence-corrected chi connectivity index (χ4v) is 2.79. The predicted octanol–water partition coefficient (Wildman–Crippen LogP) is 3.73. The SMILES string of the molecule is CCNc1ccc(Cl)c(CN2CCc3ccccc32)n1. The molecule has 0 saturated heterocycles. The van der Waals surface area contributed by atoms with Crippen LogP contribution in [0.5, 0.6) is 0 Å². The van der Waals surface area contributed by atoms with Crippen molar-refractivity contribution in [2.75, 3.05) is 23.3 Å². The van der Waals surface area contributed by atoms with Gasteiger partial charge in [-0.1, -0.05) is 29.8 Å². The second kappa shape index (κ2) is 5.71. The Morgan fingerprint density at radius 3 is 2.95 bits per heavy atom. The largest absolute Gasteiger partial charge is 0.370 e. The second-order valence-corrected chi connectivity index (χ2v) is 5.36. The number of anilines is 2. The number of hydrogen-bond donors (Lipinski definition) is 1. The monoisotopic (exact) mass is 287 g/mol. The van der Waals surface area contributed by atoms with Gasteiger partial charge >= 0.3 is 0 Å². The molecule has 1 aliphatic heterocycles. The summed E-state index contributed by atoms with van der Waals surface area (Å²) >= 11 is 6.28. The smallest absolute Gasteiger partial charge is 0.126 e. The van der Waals surface area contributed by atoms with Crippen molar-refractivity contribution in [1.82, 2.24) is 4.98 Å². The number of pyridine rings is 1. The van der Waals surface area contributed by atoms with E-state index in [1.807, 2.05) is 12.1 Å². The summed E-state index contributed by atoms with van der Waals surface area (Å²) < 4.78 is 0. The van der Waals surface area contributed by atoms with Gasteiger partial charge in [-0.05, 0) is 37.1 Å². The maximum atomic E-state index is 6.28. The van der Waals surface area contributed by atoms with E-state index >= 15 is 0 Å². The third kappa shape index (κ3) is 2.59. The van der Waals surface area contributed by atoms with E-state index in [0.717, 1.165) is 42.6 Å². The summed E-state index contributed by atoms with van der Waals surface area (Å²) in [5.41, 5.74) is 3.65. The number of nitrogens with zero attached hydrogens (tertiary/aromatic N) is 2. The van der Waals surface area contributed by atoms with Crippen LogP contribution < -0.4 is 10.2 Å². The third-order valence-electron chi connectivity index (χ3n) is 3.60. The van der Waals surface area contributed by atoms with Gasteiger partial charge in [0.15, 0.2) is 0 Å². The zero-order valence-corrected chi connectivity index (χ0v) is 12.3. The molecule has 2 aromatic rings. The molecule has 0 spiro atoms. The number of benzene rings is 1. The third-order valence-corrected chi connectivity index (χ3v) is 3.94. The first-order valence-electron chi connectivity index (χ1n) is 7.00. The topological polar surface area (TPSA) is 28.2 Å². The van der Waals surface area contributed by atoms with E-state index < -0.39 is 0 Å². The molecule has 0 atom stereocenters. The molecule has 0 amide bonds. The number of hydrogen-bond acceptors (Lipinski definition) is 3. The lowest BCUT2D eigenvalue weighted by Gasteiger charge is -2.20. The van der Waals surface area contributed by atoms with Gasteiger partial charge in [-0.25, -0.2) is 4.98 Å². The number of halogens is 1. The molecule has 1 aliphatic rings. The van der Waals surface area contributed by atoms with Crippen LogP contribution in [0.2, 0.25) is 5.02 Å². The summed E-state index contributed by atoms with van der Waals surface area (Å²) in [5, 5.41) is 3.96. The van der Waals surface area contributed by atoms with Gasteiger partial charge in [0.1, 0.15) is 5.82 Å². The highest BCUT2D eigenvalue weighted by atomic mass is 35.5. The highest BCUT2D eigenvalue weighted by molar-refractivity contribution is 6.31. The van der Waals surface area contributed by atoms with Crippen molar-refractivity contribution in [3.63, 3.8) is 0 Å². The van der Waals surface area contributed by atoms with E-state index in [1.165, 1.54) is 11.3 Å². The maximum absolute atomic E-state index is 6.28. The van der Waals surface area contributed by atoms with E-state index in [9.17, 15) is 0 Å². The van der Waals surface area contributed by atoms with Gasteiger partial charge in [0.25, 0.3) is 0 Å². The number of rotatable bonds is 4. The van der Waals surface area contributed by atoms with Gasteiger partial charge < -0.3 is 10.2 Å². The molecule has 0 aliphatic carbocycles. The van der Waals surface area contributed by atoms with Crippen LogP contribution in [0.1, 0.15) is 18.2 Å². The summed E-state index contributed by atoms with van der Waals surface area (Å²) in [5.74, 6) is 0.888. The molecular weight excluding hydrogens is 270 g/mol. The van der Waals surface area contributed by atoms with Gasteiger partial charge in [-0.3, -0.25) is 0 Å². The molecule has 0 unspecified atom stereocenters. The maximum Gasteiger partial charge on any atom is 0.126 e. The molecule has 0 fully saturated rings. The molecular formula is C16H18ClN3. The van der Waals surface area contributed by atoms with Crippen LogP contribution in [0.4, 0.5) is 11.5 Å². The van der Waals surface area contributed by atoms with Crippen LogP contribution in [0.15, 0.2) is 36.4 Å². The summed E-state index contributed by atoms with van der Waals surface area (Å²) in [6.45, 7) is 4.71. The zero-order valence-electron chi connectivity index (χ0n) is 11.6. The molecule has 4 heteroatoms. The minimum atomic E-state index is 0.732. The quantitative estimate of drug-likeness (QED) is 0.929. The molecule has 2 heterocycles. The predicted molar refractivity (Wildman–Crippen MR) is 84.6 cm³/mol. The Balaban J connectivity index is 1.83. The van der Waals surface area contributed by atoms with Crippen molar-refractivity contribution in [2.24, 2.45) is 0 Å². The van der Waals surface area contributed by atoms with Crippen molar-refractivity contribution >= 4 is 23.1 Å². The van der Waals surface area contributed by atoms with Gasteiger partial charge in [-0.15, -0.1) is 0 Å². The summed E-state index contributed by atoms with van der Waals surface area (Å²) in [7, 11) is 0. The molecule has 0 bridgehead atoms. The molecule has 3 rings (SSSR count). The lowest BCUT2D eigenvalue weighted by molar-refractivity contribution is 0.815. The number of nitrogens with one attached hydrogen (secondary N) is 1. The van der Waals surface area contributed by atoms with Crippen LogP contribution in [-0.4, -0.2) is 18.1 Å². The Morgan fingerprint density at radius 2 is 2.10 bits per heavy atom. The van der Waals surface area contributed by atoms with Crippen molar-refractivity contribution in [3.05, 3.63) is 52.7 Å². The molecule has 0 radical (unpaired) electrons. The zero-order chi connectivity index (χ0) is 13.9. The number of fused-ring (bicyclic) bond motifs is 1. The lowest BCUT2D eigenvalue weighted by Crippen LogP contribution is -2.21. The molecule has 3 nitrogen and oxygen atoms in total. The Bertz CT molecular complexity index is 612. The van der Waals surface area contributed by atoms with Crippen LogP contribution in [0.25, 0.3) is 0 Å². The van der Waals surface area contributed by atoms with Gasteiger partial charge in [0.2, 0.25) is 0 Å². The van der Waals surface area contributed by atoms with E-state index in [2.05, 4.69) is 46.4 Å². The Morgan fingerprint density at radius 1 is 1.25 bits per heavy atom. The highest BCUT2D eigenvalue weighted by Gasteiger charge is 2.19. The minimum Gasteiger partial charge on any atom is -0.370 e. The summed E-state index contributed by atoms with van der Waals surface area (Å²) in [6, 6.07) is 12.4. The van der Waals surface area contributed by atoms with Crippen molar-refractivity contribution in [1.29, 1.82) is 0 Å². The Labute approximate surface area is 124 Å². The van der Waals surface area contributed by atoms with Gasteiger partial charge in [0.05, 0.1) is 17.3 Å². The Kier molecular flexibility index (Phi) is 3.79. The molecule has 20 heavy (non-hydrogen) atoms. The molecule has 1 aromatic heterocycles. The van der Waals surface area contributed by atoms with Crippen LogP contribution >= 0.6 is 11.6 Å². The lowest BCUT2D eigenvalue weighted by atomic mass is 10.2. The number of para-hydroxylation sites is 1. The average molecular weight is 288 g/mol. The first kappa shape index (κ1) is 13.3. The van der Waals surface area contributed by atoms with Crippen molar-refractivity contribution in [2.45, 2.75) is 19.9 Å². The normalized spacial score (nSPS) is 13.4.